The number of benzene rings is 2. The summed E-state index contributed by atoms with van der Waals surface area (Å²) in [7, 11) is 0. The average molecular weight is 434 g/mol. The van der Waals surface area contributed by atoms with Gasteiger partial charge in [0, 0.05) is 37.6 Å². The van der Waals surface area contributed by atoms with Crippen LogP contribution in [0.15, 0.2) is 53.7 Å². The van der Waals surface area contributed by atoms with Gasteiger partial charge in [0.2, 0.25) is 0 Å². The van der Waals surface area contributed by atoms with E-state index >= 15 is 0 Å². The van der Waals surface area contributed by atoms with Crippen molar-refractivity contribution in [1.82, 2.24) is 19.8 Å². The summed E-state index contributed by atoms with van der Waals surface area (Å²) in [5, 5.41) is 1.95. The monoisotopic (exact) mass is 433 g/mol. The maximum absolute atomic E-state index is 11.8. The van der Waals surface area contributed by atoms with E-state index in [9.17, 15) is 9.59 Å². The third-order valence-corrected chi connectivity index (χ3v) is 6.63. The van der Waals surface area contributed by atoms with E-state index in [0.29, 0.717) is 4.91 Å². The fraction of sp³-hybridized carbons (Fsp3) is 0.261. The molecule has 2 amide bonds. The Balaban J connectivity index is 1.41. The maximum Gasteiger partial charge on any atom is 0.290 e. The summed E-state index contributed by atoms with van der Waals surface area (Å²) < 4.78 is 2.04. The summed E-state index contributed by atoms with van der Waals surface area (Å²) in [4.78, 5) is 33.1. The first-order valence-electron chi connectivity index (χ1n) is 10.4. The first-order chi connectivity index (χ1) is 15.1. The van der Waals surface area contributed by atoms with Crippen molar-refractivity contribution in [3.8, 4) is 5.69 Å². The highest BCUT2D eigenvalue weighted by Gasteiger charge is 2.25. The number of carbonyl (C=O) groups is 2. The average Bonchev–Trinajstić information content (AvgIpc) is 3.36. The second kappa shape index (κ2) is 8.20. The van der Waals surface area contributed by atoms with Crippen LogP contribution in [0, 0.1) is 0 Å². The molecule has 1 N–H and O–H groups in total. The number of carbonyl (C=O) groups excluding carboxylic acids is 2. The molecule has 0 radical (unpaired) electrons. The van der Waals surface area contributed by atoms with E-state index in [4.69, 9.17) is 0 Å². The Labute approximate surface area is 184 Å². The molecule has 3 aromatic rings. The molecule has 0 unspecified atom stereocenters. The molecule has 158 valence electrons. The van der Waals surface area contributed by atoms with Crippen LogP contribution in [0.1, 0.15) is 12.5 Å². The van der Waals surface area contributed by atoms with Gasteiger partial charge in [-0.1, -0.05) is 13.0 Å². The fourth-order valence-corrected chi connectivity index (χ4v) is 4.72. The lowest BCUT2D eigenvalue weighted by Gasteiger charge is -2.35. The molecule has 2 aromatic carbocycles. The highest BCUT2D eigenvalue weighted by atomic mass is 32.2. The topological polar surface area (TPSA) is 70.5 Å². The molecule has 5 rings (SSSR count). The molecule has 2 fully saturated rings. The highest BCUT2D eigenvalue weighted by molar-refractivity contribution is 8.18. The SMILES string of the molecule is CCN1CCN(c2ccc(-n3cnc4ccc(/C=C5\SC(=O)NC5=O)cc43)cc2)CC1. The van der Waals surface area contributed by atoms with Crippen molar-refractivity contribution in [3.05, 3.63) is 59.3 Å². The van der Waals surface area contributed by atoms with Crippen molar-refractivity contribution in [2.45, 2.75) is 6.92 Å². The first-order valence-corrected chi connectivity index (χ1v) is 11.2. The summed E-state index contributed by atoms with van der Waals surface area (Å²) in [5.41, 5.74) is 4.96. The van der Waals surface area contributed by atoms with Crippen molar-refractivity contribution < 1.29 is 9.59 Å². The van der Waals surface area contributed by atoms with Crippen LogP contribution in [-0.2, 0) is 4.79 Å². The molecule has 3 heterocycles. The number of aromatic nitrogens is 2. The maximum atomic E-state index is 11.8. The molecule has 1 aromatic heterocycles. The number of imide groups is 1. The van der Waals surface area contributed by atoms with Gasteiger partial charge in [-0.2, -0.15) is 0 Å². The van der Waals surface area contributed by atoms with Gasteiger partial charge in [0.15, 0.2) is 0 Å². The normalized spacial score (nSPS) is 18.9. The Hall–Kier alpha value is -3.10. The standard InChI is InChI=1S/C23H23N5O2S/c1-2-26-9-11-27(12-10-26)17-4-6-18(7-5-17)28-15-24-19-8-3-16(13-20(19)28)14-21-22(29)25-23(30)31-21/h3-8,13-15H,2,9-12H2,1H3,(H,25,29,30)/b21-14-. The zero-order valence-electron chi connectivity index (χ0n) is 17.2. The molecule has 2 aliphatic heterocycles. The Morgan fingerprint density at radius 3 is 2.45 bits per heavy atom. The molecule has 2 saturated heterocycles. The van der Waals surface area contributed by atoms with Crippen molar-refractivity contribution in [1.29, 1.82) is 0 Å². The second-order valence-electron chi connectivity index (χ2n) is 7.65. The van der Waals surface area contributed by atoms with Crippen LogP contribution >= 0.6 is 11.8 Å². The number of imidazole rings is 1. The lowest BCUT2D eigenvalue weighted by Crippen LogP contribution is -2.46. The third kappa shape index (κ3) is 3.96. The second-order valence-corrected chi connectivity index (χ2v) is 8.67. The number of likely N-dealkylation sites (N-methyl/N-ethyl adjacent to an activating group) is 1. The number of thioether (sulfide) groups is 1. The molecule has 31 heavy (non-hydrogen) atoms. The Morgan fingerprint density at radius 2 is 1.77 bits per heavy atom. The highest BCUT2D eigenvalue weighted by Crippen LogP contribution is 2.28. The molecule has 0 spiro atoms. The van der Waals surface area contributed by atoms with E-state index in [2.05, 4.69) is 51.3 Å². The van der Waals surface area contributed by atoms with Crippen LogP contribution in [-0.4, -0.2) is 58.3 Å². The van der Waals surface area contributed by atoms with Gasteiger partial charge in [0.25, 0.3) is 11.1 Å². The van der Waals surface area contributed by atoms with Gasteiger partial charge in [0.05, 0.1) is 15.9 Å². The number of anilines is 1. The molecule has 7 nitrogen and oxygen atoms in total. The number of nitrogens with one attached hydrogen (secondary N) is 1. The zero-order valence-corrected chi connectivity index (χ0v) is 18.1. The molecular weight excluding hydrogens is 410 g/mol. The van der Waals surface area contributed by atoms with Crippen LogP contribution in [0.3, 0.4) is 0 Å². The van der Waals surface area contributed by atoms with Gasteiger partial charge in [-0.05, 0) is 66.3 Å². The van der Waals surface area contributed by atoms with E-state index in [1.165, 1.54) is 5.69 Å². The smallest absolute Gasteiger partial charge is 0.290 e. The summed E-state index contributed by atoms with van der Waals surface area (Å²) in [5.74, 6) is -0.348. The van der Waals surface area contributed by atoms with Gasteiger partial charge >= 0.3 is 0 Å². The molecule has 0 saturated carbocycles. The van der Waals surface area contributed by atoms with Gasteiger partial charge in [-0.3, -0.25) is 19.5 Å². The number of nitrogens with zero attached hydrogens (tertiary/aromatic N) is 4. The predicted octanol–water partition coefficient (Wildman–Crippen LogP) is 3.49. The van der Waals surface area contributed by atoms with E-state index < -0.39 is 0 Å². The molecular formula is C23H23N5O2S. The van der Waals surface area contributed by atoms with Gasteiger partial charge in [-0.25, -0.2) is 4.98 Å². The van der Waals surface area contributed by atoms with Crippen LogP contribution in [0.25, 0.3) is 22.8 Å². The van der Waals surface area contributed by atoms with Crippen LogP contribution < -0.4 is 10.2 Å². The lowest BCUT2D eigenvalue weighted by molar-refractivity contribution is -0.115. The van der Waals surface area contributed by atoms with E-state index in [-0.39, 0.29) is 11.1 Å². The predicted molar refractivity (Wildman–Crippen MR) is 125 cm³/mol. The minimum absolute atomic E-state index is 0.335. The zero-order chi connectivity index (χ0) is 21.4. The fourth-order valence-electron chi connectivity index (χ4n) is 4.04. The summed E-state index contributed by atoms with van der Waals surface area (Å²) in [6, 6.07) is 14.4. The number of hydrogen-bond donors (Lipinski definition) is 1. The Bertz CT molecular complexity index is 1180. The molecule has 0 bridgehead atoms. The summed E-state index contributed by atoms with van der Waals surface area (Å²) in [6.07, 6.45) is 3.55. The first kappa shape index (κ1) is 19.8. The van der Waals surface area contributed by atoms with Crippen molar-refractivity contribution in [2.75, 3.05) is 37.6 Å². The largest absolute Gasteiger partial charge is 0.369 e. The van der Waals surface area contributed by atoms with Crippen LogP contribution in [0.5, 0.6) is 0 Å². The van der Waals surface area contributed by atoms with E-state index in [1.54, 1.807) is 6.08 Å². The van der Waals surface area contributed by atoms with Gasteiger partial charge in [-0.15, -0.1) is 0 Å². The third-order valence-electron chi connectivity index (χ3n) is 5.82. The number of amides is 2. The number of hydrogen-bond acceptors (Lipinski definition) is 6. The van der Waals surface area contributed by atoms with Crippen LogP contribution in [0.4, 0.5) is 10.5 Å². The summed E-state index contributed by atoms with van der Waals surface area (Å²) in [6.45, 7) is 7.62. The molecule has 8 heteroatoms. The van der Waals surface area contributed by atoms with E-state index in [1.807, 2.05) is 29.1 Å². The van der Waals surface area contributed by atoms with Crippen molar-refractivity contribution in [2.24, 2.45) is 0 Å². The van der Waals surface area contributed by atoms with Crippen molar-refractivity contribution >= 4 is 45.7 Å². The lowest BCUT2D eigenvalue weighted by atomic mass is 10.1. The van der Waals surface area contributed by atoms with E-state index in [0.717, 1.165) is 66.8 Å². The number of rotatable bonds is 4. The van der Waals surface area contributed by atoms with Crippen LogP contribution in [0.2, 0.25) is 0 Å². The summed E-state index contributed by atoms with van der Waals surface area (Å²) >= 11 is 0.925. The Morgan fingerprint density at radius 1 is 1.03 bits per heavy atom. The van der Waals surface area contributed by atoms with Crippen molar-refractivity contribution in [3.63, 3.8) is 0 Å². The quantitative estimate of drug-likeness (QED) is 0.635. The Kier molecular flexibility index (Phi) is 5.25. The van der Waals surface area contributed by atoms with Gasteiger partial charge in [0.1, 0.15) is 6.33 Å². The molecule has 0 aliphatic carbocycles. The molecule has 0 atom stereocenters. The number of fused-ring (bicyclic) bond motifs is 1. The number of piperazine rings is 1. The molecule has 2 aliphatic rings. The minimum Gasteiger partial charge on any atom is -0.369 e. The van der Waals surface area contributed by atoms with Gasteiger partial charge < -0.3 is 9.80 Å². The minimum atomic E-state index is -0.348.